The van der Waals surface area contributed by atoms with Crippen molar-refractivity contribution >= 4 is 0 Å². The number of β-amino-alcohol motifs (C(OH)–C–C–N with tert-alkyl or cyclic N) is 1. The van der Waals surface area contributed by atoms with Crippen molar-refractivity contribution in [2.75, 3.05) is 26.3 Å². The van der Waals surface area contributed by atoms with E-state index < -0.39 is 6.10 Å². The Balaban J connectivity index is 1.78. The van der Waals surface area contributed by atoms with Crippen LogP contribution in [0.1, 0.15) is 36.8 Å². The second-order valence-corrected chi connectivity index (χ2v) is 6.39. The van der Waals surface area contributed by atoms with E-state index in [1.807, 2.05) is 19.1 Å². The topological polar surface area (TPSA) is 52.9 Å². The van der Waals surface area contributed by atoms with Crippen LogP contribution in [-0.4, -0.2) is 53.6 Å². The largest absolute Gasteiger partial charge is 0.491 e. The van der Waals surface area contributed by atoms with E-state index in [-0.39, 0.29) is 6.61 Å². The van der Waals surface area contributed by atoms with Gasteiger partial charge in [0.2, 0.25) is 0 Å². The van der Waals surface area contributed by atoms with E-state index in [2.05, 4.69) is 17.9 Å². The van der Waals surface area contributed by atoms with Gasteiger partial charge in [0.05, 0.1) is 0 Å². The zero-order valence-corrected chi connectivity index (χ0v) is 13.8. The first-order chi connectivity index (χ1) is 10.6. The van der Waals surface area contributed by atoms with E-state index in [4.69, 9.17) is 9.84 Å². The van der Waals surface area contributed by atoms with Crippen LogP contribution in [0.4, 0.5) is 0 Å². The van der Waals surface area contributed by atoms with Crippen LogP contribution in [0.15, 0.2) is 18.2 Å². The first-order valence-electron chi connectivity index (χ1n) is 8.33. The standard InChI is InChI=1S/C18H29NO3/c1-14-7-8-18(15(2)11-14)22-13-17(21)12-19-9-3-5-16(19)6-4-10-20/h7-8,11,16-17,20-21H,3-6,9-10,12-13H2,1-2H3. The molecule has 0 amide bonds. The van der Waals surface area contributed by atoms with Crippen molar-refractivity contribution in [3.8, 4) is 5.75 Å². The Bertz CT molecular complexity index is 464. The minimum atomic E-state index is -0.476. The quantitative estimate of drug-likeness (QED) is 0.774. The fourth-order valence-corrected chi connectivity index (χ4v) is 3.26. The van der Waals surface area contributed by atoms with Crippen molar-refractivity contribution in [1.82, 2.24) is 4.90 Å². The van der Waals surface area contributed by atoms with E-state index in [9.17, 15) is 5.11 Å². The van der Waals surface area contributed by atoms with Crippen LogP contribution >= 0.6 is 0 Å². The molecule has 22 heavy (non-hydrogen) atoms. The Labute approximate surface area is 133 Å². The maximum Gasteiger partial charge on any atom is 0.122 e. The maximum atomic E-state index is 10.2. The average Bonchev–Trinajstić information content (AvgIpc) is 2.91. The monoisotopic (exact) mass is 307 g/mol. The summed E-state index contributed by atoms with van der Waals surface area (Å²) in [7, 11) is 0. The first-order valence-corrected chi connectivity index (χ1v) is 8.33. The Morgan fingerprint density at radius 3 is 2.91 bits per heavy atom. The van der Waals surface area contributed by atoms with Gasteiger partial charge in [0.25, 0.3) is 0 Å². The molecule has 1 saturated heterocycles. The number of rotatable bonds is 8. The number of benzene rings is 1. The summed E-state index contributed by atoms with van der Waals surface area (Å²) in [5.41, 5.74) is 2.32. The number of aryl methyl sites for hydroxylation is 2. The molecule has 2 N–H and O–H groups in total. The molecule has 0 aliphatic carbocycles. The third-order valence-corrected chi connectivity index (χ3v) is 4.40. The summed E-state index contributed by atoms with van der Waals surface area (Å²) in [5, 5.41) is 19.2. The van der Waals surface area contributed by atoms with Crippen molar-refractivity contribution < 1.29 is 14.9 Å². The zero-order valence-electron chi connectivity index (χ0n) is 13.8. The highest BCUT2D eigenvalue weighted by molar-refractivity contribution is 5.35. The summed E-state index contributed by atoms with van der Waals surface area (Å²) in [4.78, 5) is 2.34. The van der Waals surface area contributed by atoms with E-state index in [0.717, 1.165) is 30.7 Å². The molecule has 0 bridgehead atoms. The number of ether oxygens (including phenoxy) is 1. The number of hydrogen-bond acceptors (Lipinski definition) is 4. The van der Waals surface area contributed by atoms with Crippen molar-refractivity contribution in [1.29, 1.82) is 0 Å². The SMILES string of the molecule is Cc1ccc(OCC(O)CN2CCCC2CCCO)c(C)c1. The predicted octanol–water partition coefficient (Wildman–Crippen LogP) is 2.28. The number of hydrogen-bond donors (Lipinski definition) is 2. The minimum Gasteiger partial charge on any atom is -0.491 e. The third-order valence-electron chi connectivity index (χ3n) is 4.40. The van der Waals surface area contributed by atoms with Gasteiger partial charge in [0.1, 0.15) is 18.5 Å². The molecule has 4 heteroatoms. The molecule has 1 aliphatic heterocycles. The summed E-state index contributed by atoms with van der Waals surface area (Å²) < 4.78 is 5.76. The van der Waals surface area contributed by atoms with Gasteiger partial charge in [0.15, 0.2) is 0 Å². The molecule has 0 spiro atoms. The smallest absolute Gasteiger partial charge is 0.122 e. The number of aliphatic hydroxyl groups is 2. The molecule has 2 rings (SSSR count). The van der Waals surface area contributed by atoms with Gasteiger partial charge in [-0.1, -0.05) is 17.7 Å². The van der Waals surface area contributed by atoms with E-state index >= 15 is 0 Å². The zero-order chi connectivity index (χ0) is 15.9. The summed E-state index contributed by atoms with van der Waals surface area (Å²) in [6, 6.07) is 6.59. The second-order valence-electron chi connectivity index (χ2n) is 6.39. The molecule has 1 aromatic carbocycles. The highest BCUT2D eigenvalue weighted by atomic mass is 16.5. The van der Waals surface area contributed by atoms with Gasteiger partial charge in [-0.25, -0.2) is 0 Å². The number of nitrogens with zero attached hydrogens (tertiary/aromatic N) is 1. The fraction of sp³-hybridized carbons (Fsp3) is 0.667. The van der Waals surface area contributed by atoms with Crippen molar-refractivity contribution in [3.05, 3.63) is 29.3 Å². The molecule has 1 heterocycles. The molecule has 124 valence electrons. The Morgan fingerprint density at radius 2 is 2.18 bits per heavy atom. The lowest BCUT2D eigenvalue weighted by molar-refractivity contribution is 0.0615. The highest BCUT2D eigenvalue weighted by Crippen LogP contribution is 2.22. The molecule has 1 aliphatic rings. The number of likely N-dealkylation sites (tertiary alicyclic amines) is 1. The first kappa shape index (κ1) is 17.3. The minimum absolute atomic E-state index is 0.253. The summed E-state index contributed by atoms with van der Waals surface area (Å²) in [5.74, 6) is 0.850. The number of aliphatic hydroxyl groups excluding tert-OH is 2. The van der Waals surface area contributed by atoms with Gasteiger partial charge in [-0.15, -0.1) is 0 Å². The van der Waals surface area contributed by atoms with Gasteiger partial charge < -0.3 is 14.9 Å². The van der Waals surface area contributed by atoms with Crippen molar-refractivity contribution in [3.63, 3.8) is 0 Å². The van der Waals surface area contributed by atoms with Crippen molar-refractivity contribution in [2.45, 2.75) is 51.7 Å². The third kappa shape index (κ3) is 4.97. The molecule has 2 atom stereocenters. The molecule has 0 saturated carbocycles. The average molecular weight is 307 g/mol. The lowest BCUT2D eigenvalue weighted by Crippen LogP contribution is -2.38. The van der Waals surface area contributed by atoms with Crippen LogP contribution in [0.25, 0.3) is 0 Å². The lowest BCUT2D eigenvalue weighted by Gasteiger charge is -2.26. The highest BCUT2D eigenvalue weighted by Gasteiger charge is 2.25. The van der Waals surface area contributed by atoms with Crippen molar-refractivity contribution in [2.24, 2.45) is 0 Å². The second kappa shape index (κ2) is 8.51. The van der Waals surface area contributed by atoms with Gasteiger partial charge >= 0.3 is 0 Å². The molecule has 0 radical (unpaired) electrons. The molecule has 4 nitrogen and oxygen atoms in total. The van der Waals surface area contributed by atoms with Gasteiger partial charge in [-0.05, 0) is 57.7 Å². The van der Waals surface area contributed by atoms with Crippen LogP contribution in [0, 0.1) is 13.8 Å². The van der Waals surface area contributed by atoms with Crippen LogP contribution in [0.2, 0.25) is 0 Å². The maximum absolute atomic E-state index is 10.2. The van der Waals surface area contributed by atoms with Crippen LogP contribution in [0.5, 0.6) is 5.75 Å². The summed E-state index contributed by atoms with van der Waals surface area (Å²) >= 11 is 0. The summed E-state index contributed by atoms with van der Waals surface area (Å²) in [6.45, 7) is 6.36. The van der Waals surface area contributed by atoms with Crippen LogP contribution < -0.4 is 4.74 Å². The molecule has 1 fully saturated rings. The fourth-order valence-electron chi connectivity index (χ4n) is 3.26. The lowest BCUT2D eigenvalue weighted by atomic mass is 10.1. The van der Waals surface area contributed by atoms with Gasteiger partial charge in [-0.2, -0.15) is 0 Å². The van der Waals surface area contributed by atoms with Gasteiger partial charge in [-0.3, -0.25) is 4.90 Å². The van der Waals surface area contributed by atoms with Crippen LogP contribution in [-0.2, 0) is 0 Å². The molecule has 0 aromatic heterocycles. The molecular formula is C18H29NO3. The summed E-state index contributed by atoms with van der Waals surface area (Å²) in [6.07, 6.45) is 3.73. The Kier molecular flexibility index (Phi) is 6.68. The normalized spacial score (nSPS) is 20.3. The Morgan fingerprint density at radius 1 is 1.36 bits per heavy atom. The molecule has 1 aromatic rings. The predicted molar refractivity (Wildman–Crippen MR) is 88.3 cm³/mol. The van der Waals surface area contributed by atoms with Gasteiger partial charge in [0, 0.05) is 19.2 Å². The van der Waals surface area contributed by atoms with E-state index in [1.165, 1.54) is 18.4 Å². The van der Waals surface area contributed by atoms with E-state index in [1.54, 1.807) is 0 Å². The van der Waals surface area contributed by atoms with E-state index in [0.29, 0.717) is 19.2 Å². The molecular weight excluding hydrogens is 278 g/mol. The van der Waals surface area contributed by atoms with Crippen LogP contribution in [0.3, 0.4) is 0 Å². The molecule has 2 unspecified atom stereocenters. The Hall–Kier alpha value is -1.10.